The summed E-state index contributed by atoms with van der Waals surface area (Å²) >= 11 is 0. The average Bonchev–Trinajstić information content (AvgIpc) is 2.29. The summed E-state index contributed by atoms with van der Waals surface area (Å²) in [6.07, 6.45) is 4.41. The van der Waals surface area contributed by atoms with Gasteiger partial charge in [-0.15, -0.1) is 0 Å². The van der Waals surface area contributed by atoms with E-state index in [1.165, 1.54) is 11.1 Å². The van der Waals surface area contributed by atoms with Crippen molar-refractivity contribution in [3.63, 3.8) is 0 Å². The van der Waals surface area contributed by atoms with Crippen LogP contribution in [0.5, 0.6) is 5.75 Å². The van der Waals surface area contributed by atoms with Crippen LogP contribution in [0.3, 0.4) is 0 Å². The predicted octanol–water partition coefficient (Wildman–Crippen LogP) is 4.70. The number of hydrogen-bond acceptors (Lipinski definition) is 2. The average molecular weight is 250 g/mol. The molecule has 0 bridgehead atoms. The quantitative estimate of drug-likeness (QED) is 0.538. The summed E-state index contributed by atoms with van der Waals surface area (Å²) in [5.41, 5.74) is 2.39. The fraction of sp³-hybridized carbons (Fsp3) is 0.625. The van der Waals surface area contributed by atoms with Crippen molar-refractivity contribution < 1.29 is 9.78 Å². The Bertz CT molecular complexity index is 364. The summed E-state index contributed by atoms with van der Waals surface area (Å²) in [5, 5.41) is 0. The van der Waals surface area contributed by atoms with Crippen molar-refractivity contribution in [2.24, 2.45) is 0 Å². The Labute approximate surface area is 111 Å². The highest BCUT2D eigenvalue weighted by Gasteiger charge is 2.15. The fourth-order valence-corrected chi connectivity index (χ4v) is 1.90. The first-order chi connectivity index (χ1) is 8.48. The summed E-state index contributed by atoms with van der Waals surface area (Å²) in [5.74, 6) is 0.873. The second kappa shape index (κ2) is 6.79. The van der Waals surface area contributed by atoms with Crippen molar-refractivity contribution >= 4 is 0 Å². The highest BCUT2D eigenvalue weighted by atomic mass is 17.2. The monoisotopic (exact) mass is 250 g/mol. The summed E-state index contributed by atoms with van der Waals surface area (Å²) in [6.45, 7) is 10.4. The van der Waals surface area contributed by atoms with Gasteiger partial charge >= 0.3 is 0 Å². The van der Waals surface area contributed by atoms with Gasteiger partial charge in [0.05, 0.1) is 0 Å². The maximum Gasteiger partial charge on any atom is 0.168 e. The maximum atomic E-state index is 5.54. The van der Waals surface area contributed by atoms with Gasteiger partial charge in [0, 0.05) is 5.56 Å². The second-order valence-corrected chi connectivity index (χ2v) is 5.67. The SMILES string of the molecule is CCCc1cccc(OOC(C)(C)C)c1CCC. The van der Waals surface area contributed by atoms with Gasteiger partial charge in [0.2, 0.25) is 0 Å². The number of aryl methyl sites for hydroxylation is 1. The molecule has 102 valence electrons. The van der Waals surface area contributed by atoms with Gasteiger partial charge in [-0.05, 0) is 45.2 Å². The van der Waals surface area contributed by atoms with Crippen molar-refractivity contribution in [2.45, 2.75) is 65.9 Å². The molecular formula is C16H26O2. The molecule has 1 rings (SSSR count). The summed E-state index contributed by atoms with van der Waals surface area (Å²) in [6, 6.07) is 6.24. The van der Waals surface area contributed by atoms with Crippen LogP contribution in [0.2, 0.25) is 0 Å². The first kappa shape index (κ1) is 15.0. The lowest BCUT2D eigenvalue weighted by atomic mass is 9.99. The predicted molar refractivity (Wildman–Crippen MR) is 75.9 cm³/mol. The molecule has 0 amide bonds. The summed E-state index contributed by atoms with van der Waals surface area (Å²) < 4.78 is 0. The van der Waals surface area contributed by atoms with E-state index in [2.05, 4.69) is 19.9 Å². The van der Waals surface area contributed by atoms with E-state index in [1.54, 1.807) is 0 Å². The van der Waals surface area contributed by atoms with Crippen molar-refractivity contribution in [3.05, 3.63) is 29.3 Å². The van der Waals surface area contributed by atoms with Gasteiger partial charge in [0.25, 0.3) is 0 Å². The molecular weight excluding hydrogens is 224 g/mol. The summed E-state index contributed by atoms with van der Waals surface area (Å²) in [7, 11) is 0. The Morgan fingerprint density at radius 3 is 2.22 bits per heavy atom. The first-order valence-electron chi connectivity index (χ1n) is 6.94. The normalized spacial score (nSPS) is 11.6. The molecule has 0 spiro atoms. The highest BCUT2D eigenvalue weighted by Crippen LogP contribution is 2.26. The highest BCUT2D eigenvalue weighted by molar-refractivity contribution is 5.40. The van der Waals surface area contributed by atoms with Crippen LogP contribution in [0, 0.1) is 0 Å². The van der Waals surface area contributed by atoms with E-state index in [0.29, 0.717) is 0 Å². The molecule has 2 nitrogen and oxygen atoms in total. The zero-order valence-electron chi connectivity index (χ0n) is 12.4. The lowest BCUT2D eigenvalue weighted by Crippen LogP contribution is -2.21. The van der Waals surface area contributed by atoms with Gasteiger partial charge < -0.3 is 4.89 Å². The lowest BCUT2D eigenvalue weighted by molar-refractivity contribution is -0.275. The number of benzene rings is 1. The Morgan fingerprint density at radius 1 is 1.00 bits per heavy atom. The fourth-order valence-electron chi connectivity index (χ4n) is 1.90. The van der Waals surface area contributed by atoms with Crippen molar-refractivity contribution in [3.8, 4) is 5.75 Å². The minimum atomic E-state index is -0.287. The van der Waals surface area contributed by atoms with Crippen LogP contribution in [-0.2, 0) is 17.7 Å². The molecule has 0 aliphatic rings. The van der Waals surface area contributed by atoms with E-state index in [9.17, 15) is 0 Å². The van der Waals surface area contributed by atoms with Gasteiger partial charge in [-0.25, -0.2) is 0 Å². The molecule has 0 aliphatic carbocycles. The van der Waals surface area contributed by atoms with Crippen molar-refractivity contribution in [1.29, 1.82) is 0 Å². The van der Waals surface area contributed by atoms with Gasteiger partial charge in [-0.2, -0.15) is 4.89 Å². The Kier molecular flexibility index (Phi) is 5.67. The third-order valence-corrected chi connectivity index (χ3v) is 2.63. The first-order valence-corrected chi connectivity index (χ1v) is 6.94. The van der Waals surface area contributed by atoms with Crippen LogP contribution in [0.15, 0.2) is 18.2 Å². The molecule has 0 atom stereocenters. The molecule has 0 aliphatic heterocycles. The molecule has 0 unspecified atom stereocenters. The van der Waals surface area contributed by atoms with Crippen LogP contribution in [0.4, 0.5) is 0 Å². The molecule has 1 aromatic carbocycles. The van der Waals surface area contributed by atoms with Gasteiger partial charge in [0.15, 0.2) is 5.75 Å². The molecule has 0 saturated heterocycles. The third kappa shape index (κ3) is 4.69. The molecule has 0 saturated carbocycles. The van der Waals surface area contributed by atoms with Gasteiger partial charge in [-0.3, -0.25) is 0 Å². The third-order valence-electron chi connectivity index (χ3n) is 2.63. The van der Waals surface area contributed by atoms with E-state index < -0.39 is 0 Å². The second-order valence-electron chi connectivity index (χ2n) is 5.67. The Morgan fingerprint density at radius 2 is 1.67 bits per heavy atom. The van der Waals surface area contributed by atoms with E-state index in [0.717, 1.165) is 31.4 Å². The van der Waals surface area contributed by atoms with Crippen molar-refractivity contribution in [2.75, 3.05) is 0 Å². The molecule has 0 radical (unpaired) electrons. The smallest absolute Gasteiger partial charge is 0.168 e. The molecule has 0 N–H and O–H groups in total. The van der Waals surface area contributed by atoms with Crippen LogP contribution in [0.1, 0.15) is 58.6 Å². The van der Waals surface area contributed by atoms with Gasteiger partial charge in [0.1, 0.15) is 5.60 Å². The van der Waals surface area contributed by atoms with E-state index in [-0.39, 0.29) is 5.60 Å². The molecule has 18 heavy (non-hydrogen) atoms. The molecule has 2 heteroatoms. The van der Waals surface area contributed by atoms with Gasteiger partial charge in [-0.1, -0.05) is 38.8 Å². The maximum absolute atomic E-state index is 5.54. The van der Waals surface area contributed by atoms with E-state index in [1.807, 2.05) is 32.9 Å². The Hall–Kier alpha value is -1.02. The minimum absolute atomic E-state index is 0.287. The summed E-state index contributed by atoms with van der Waals surface area (Å²) in [4.78, 5) is 11.0. The molecule has 1 aromatic rings. The van der Waals surface area contributed by atoms with E-state index >= 15 is 0 Å². The number of hydrogen-bond donors (Lipinski definition) is 0. The molecule has 0 fully saturated rings. The van der Waals surface area contributed by atoms with Crippen molar-refractivity contribution in [1.82, 2.24) is 0 Å². The van der Waals surface area contributed by atoms with Crippen LogP contribution in [0.25, 0.3) is 0 Å². The van der Waals surface area contributed by atoms with Crippen LogP contribution >= 0.6 is 0 Å². The standard InChI is InChI=1S/C16H26O2/c1-6-9-13-11-8-12-15(14(13)10-7-2)17-18-16(3,4)5/h8,11-12H,6-7,9-10H2,1-5H3. The van der Waals surface area contributed by atoms with Crippen LogP contribution in [-0.4, -0.2) is 5.60 Å². The largest absolute Gasteiger partial charge is 0.337 e. The zero-order valence-corrected chi connectivity index (χ0v) is 12.4. The minimum Gasteiger partial charge on any atom is -0.337 e. The lowest BCUT2D eigenvalue weighted by Gasteiger charge is -2.20. The van der Waals surface area contributed by atoms with Crippen LogP contribution < -0.4 is 4.89 Å². The zero-order chi connectivity index (χ0) is 13.6. The molecule has 0 aromatic heterocycles. The Balaban J connectivity index is 2.91. The molecule has 0 heterocycles. The topological polar surface area (TPSA) is 18.5 Å². The number of rotatable bonds is 6. The van der Waals surface area contributed by atoms with E-state index in [4.69, 9.17) is 9.78 Å².